The molecule has 0 bridgehead atoms. The smallest absolute Gasteiger partial charge is 0.414 e. The molecule has 4 nitrogen and oxygen atoms in total. The van der Waals surface area contributed by atoms with Gasteiger partial charge in [0, 0.05) is 29.9 Å². The first-order valence-electron chi connectivity index (χ1n) is 1.11. The fraction of sp³-hybridized carbons (Fsp3) is 0. The average Bonchev–Trinajstić information content (AvgIpc) is 1.36. The van der Waals surface area contributed by atoms with Crippen molar-refractivity contribution < 1.29 is 49.7 Å². The molecule has 1 radical (unpaired) electrons. The molecule has 5 heteroatoms. The van der Waals surface area contributed by atoms with Gasteiger partial charge in [0.05, 0.1) is 0 Å². The van der Waals surface area contributed by atoms with Crippen LogP contribution in [0.25, 0.3) is 0 Å². The van der Waals surface area contributed by atoms with E-state index in [9.17, 15) is 0 Å². The second-order valence-corrected chi connectivity index (χ2v) is 0.610. The Bertz CT molecular complexity index is 75.7. The van der Waals surface area contributed by atoms with Crippen molar-refractivity contribution in [3.05, 3.63) is 0 Å². The summed E-state index contributed by atoms with van der Waals surface area (Å²) in [6.07, 6.45) is 0. The van der Waals surface area contributed by atoms with Gasteiger partial charge in [-0.2, -0.15) is 0 Å². The maximum absolute atomic E-state index is 9.10. The zero-order valence-electron chi connectivity index (χ0n) is 3.16. The fourth-order valence-electron chi connectivity index (χ4n) is 0. The van der Waals surface area contributed by atoms with Gasteiger partial charge in [-0.3, -0.25) is 0 Å². The van der Waals surface area contributed by atoms with Crippen LogP contribution in [0.5, 0.6) is 0 Å². The number of hydrogen-bond acceptors (Lipinski definition) is 2. The first-order valence-corrected chi connectivity index (χ1v) is 1.11. The molecular formula is C2H2NpO4. The third-order valence-corrected chi connectivity index (χ3v) is 0.183. The van der Waals surface area contributed by atoms with E-state index in [0.29, 0.717) is 0 Å². The van der Waals surface area contributed by atoms with Crippen LogP contribution in [0.1, 0.15) is 0 Å². The predicted molar refractivity (Wildman–Crippen MR) is 15.3 cm³/mol. The van der Waals surface area contributed by atoms with E-state index in [4.69, 9.17) is 19.8 Å². The van der Waals surface area contributed by atoms with E-state index < -0.39 is 11.9 Å². The number of carbonyl (C=O) groups is 2. The summed E-state index contributed by atoms with van der Waals surface area (Å²) in [5, 5.41) is 14.8. The van der Waals surface area contributed by atoms with Crippen LogP contribution in [-0.2, 0) is 9.59 Å². The summed E-state index contributed by atoms with van der Waals surface area (Å²) in [5.41, 5.74) is 0. The number of hydrogen-bond donors (Lipinski definition) is 2. The maximum Gasteiger partial charge on any atom is 0.414 e. The Kier molecular flexibility index (Phi) is 5.91. The minimum atomic E-state index is -1.82. The molecule has 39 valence electrons. The molecule has 0 amide bonds. The molecule has 0 spiro atoms. The molecule has 0 fully saturated rings. The largest absolute Gasteiger partial charge is 0.473 e. The summed E-state index contributed by atoms with van der Waals surface area (Å²) in [5.74, 6) is -3.65. The number of carboxylic acid groups (broad SMARTS) is 2. The number of carboxylic acids is 2. The Morgan fingerprint density at radius 1 is 1.00 bits per heavy atom. The summed E-state index contributed by atoms with van der Waals surface area (Å²) in [6.45, 7) is 0. The minimum absolute atomic E-state index is 0. The molecule has 0 saturated heterocycles. The van der Waals surface area contributed by atoms with Crippen LogP contribution in [0.15, 0.2) is 0 Å². The molecule has 0 aromatic carbocycles. The Hall–Kier alpha value is -0.0470. The third-order valence-electron chi connectivity index (χ3n) is 0.183. The number of rotatable bonds is 0. The molecule has 0 heterocycles. The fourth-order valence-corrected chi connectivity index (χ4v) is 0. The summed E-state index contributed by atoms with van der Waals surface area (Å²) in [7, 11) is 0. The molecule has 0 rings (SSSR count). The van der Waals surface area contributed by atoms with Gasteiger partial charge in [-0.15, -0.1) is 0 Å². The third kappa shape index (κ3) is 5.95. The minimum Gasteiger partial charge on any atom is -0.473 e. The van der Waals surface area contributed by atoms with Crippen LogP contribution >= 0.6 is 0 Å². The first kappa shape index (κ1) is 10.0. The van der Waals surface area contributed by atoms with Gasteiger partial charge >= 0.3 is 11.9 Å². The van der Waals surface area contributed by atoms with E-state index in [0.717, 1.165) is 0 Å². The van der Waals surface area contributed by atoms with Crippen LogP contribution in [0.3, 0.4) is 0 Å². The molecule has 7 heavy (non-hydrogen) atoms. The Morgan fingerprint density at radius 3 is 1.14 bits per heavy atom. The van der Waals surface area contributed by atoms with E-state index in [1.807, 2.05) is 0 Å². The second-order valence-electron chi connectivity index (χ2n) is 0.610. The van der Waals surface area contributed by atoms with Crippen molar-refractivity contribution in [3.8, 4) is 0 Å². The zero-order valence-corrected chi connectivity index (χ0v) is 6.88. The quantitative estimate of drug-likeness (QED) is 0.569. The van der Waals surface area contributed by atoms with Gasteiger partial charge in [-0.1, -0.05) is 0 Å². The van der Waals surface area contributed by atoms with E-state index >= 15 is 0 Å². The monoisotopic (exact) mass is 326 g/mol. The van der Waals surface area contributed by atoms with E-state index in [1.165, 1.54) is 0 Å². The predicted octanol–water partition coefficient (Wildman–Crippen LogP) is -0.844. The summed E-state index contributed by atoms with van der Waals surface area (Å²) < 4.78 is 0. The molecule has 0 aliphatic heterocycles. The van der Waals surface area contributed by atoms with Crippen LogP contribution in [0.2, 0.25) is 0 Å². The van der Waals surface area contributed by atoms with Gasteiger partial charge in [0.2, 0.25) is 0 Å². The van der Waals surface area contributed by atoms with Crippen LogP contribution < -0.4 is 0 Å². The maximum atomic E-state index is 9.10. The van der Waals surface area contributed by atoms with Crippen LogP contribution in [-0.4, -0.2) is 22.2 Å². The molecule has 0 aliphatic carbocycles. The normalized spacial score (nSPS) is 6.29. The summed E-state index contributed by atoms with van der Waals surface area (Å²) in [6, 6.07) is 0. The summed E-state index contributed by atoms with van der Waals surface area (Å²) in [4.78, 5) is 18.2. The van der Waals surface area contributed by atoms with Crippen molar-refractivity contribution in [2.45, 2.75) is 0 Å². The van der Waals surface area contributed by atoms with Gasteiger partial charge < -0.3 is 10.2 Å². The topological polar surface area (TPSA) is 74.6 Å². The van der Waals surface area contributed by atoms with Crippen molar-refractivity contribution >= 4 is 11.9 Å². The van der Waals surface area contributed by atoms with E-state index in [-0.39, 0.29) is 29.9 Å². The molecule has 0 aliphatic rings. The van der Waals surface area contributed by atoms with Gasteiger partial charge in [-0.25, -0.2) is 9.59 Å². The SMILES string of the molecule is O=C(O)C(=O)O.[Np]. The first-order chi connectivity index (χ1) is 2.64. The van der Waals surface area contributed by atoms with Gasteiger partial charge in [0.15, 0.2) is 0 Å². The molecule has 0 saturated carbocycles. The summed E-state index contributed by atoms with van der Waals surface area (Å²) >= 11 is 0. The standard InChI is InChI=1S/C2H2O4.Np/c3-1(4)2(5)6;/h(H,3,4)(H,5,6);. The molecular weight excluding hydrogens is 325 g/mol. The van der Waals surface area contributed by atoms with Crippen molar-refractivity contribution in [2.75, 3.05) is 0 Å². The molecule has 2 N–H and O–H groups in total. The molecule has 0 unspecified atom stereocenters. The van der Waals surface area contributed by atoms with Crippen molar-refractivity contribution in [3.63, 3.8) is 0 Å². The van der Waals surface area contributed by atoms with Crippen molar-refractivity contribution in [1.29, 1.82) is 0 Å². The second kappa shape index (κ2) is 4.12. The average molecular weight is 327 g/mol. The Labute approximate surface area is 61.8 Å². The van der Waals surface area contributed by atoms with Crippen molar-refractivity contribution in [2.24, 2.45) is 0 Å². The van der Waals surface area contributed by atoms with Gasteiger partial charge in [0.1, 0.15) is 0 Å². The van der Waals surface area contributed by atoms with Gasteiger partial charge in [-0.05, 0) is 0 Å². The molecule has 0 aromatic rings. The number of aliphatic carboxylic acids is 2. The van der Waals surface area contributed by atoms with Crippen LogP contribution in [0, 0.1) is 29.9 Å². The van der Waals surface area contributed by atoms with Crippen molar-refractivity contribution in [1.82, 2.24) is 0 Å². The van der Waals surface area contributed by atoms with Crippen LogP contribution in [0.4, 0.5) is 0 Å². The Morgan fingerprint density at radius 2 is 1.14 bits per heavy atom. The van der Waals surface area contributed by atoms with E-state index in [1.54, 1.807) is 0 Å². The Balaban J connectivity index is 0. The molecule has 0 atom stereocenters. The molecule has 0 aromatic heterocycles. The zero-order chi connectivity index (χ0) is 5.15. The van der Waals surface area contributed by atoms with Gasteiger partial charge in [0.25, 0.3) is 0 Å². The van der Waals surface area contributed by atoms with E-state index in [2.05, 4.69) is 0 Å².